The highest BCUT2D eigenvalue weighted by Crippen LogP contribution is 2.31. The molecule has 1 atom stereocenters. The van der Waals surface area contributed by atoms with Gasteiger partial charge in [0.1, 0.15) is 11.2 Å². The van der Waals surface area contributed by atoms with Crippen LogP contribution in [0, 0.1) is 5.82 Å². The highest BCUT2D eigenvalue weighted by atomic mass is 35.5. The largest absolute Gasteiger partial charge is 0.352 e. The van der Waals surface area contributed by atoms with E-state index in [0.717, 1.165) is 25.7 Å². The van der Waals surface area contributed by atoms with Crippen LogP contribution in [0.25, 0.3) is 0 Å². The van der Waals surface area contributed by atoms with Crippen LogP contribution in [0.1, 0.15) is 36.6 Å². The van der Waals surface area contributed by atoms with E-state index < -0.39 is 11.2 Å². The van der Waals surface area contributed by atoms with Crippen molar-refractivity contribution in [3.8, 4) is 0 Å². The fourth-order valence-electron chi connectivity index (χ4n) is 2.23. The van der Waals surface area contributed by atoms with E-state index in [1.807, 2.05) is 0 Å². The molecule has 18 heavy (non-hydrogen) atoms. The second kappa shape index (κ2) is 5.89. The molecule has 0 radical (unpaired) electrons. The standard InChI is InChI=1S/C13H14Cl2FNO/c14-9-6-3-7-10(16)11(9)12(15)13(18)17-8-4-1-2-5-8/h3,6-8,12H,1-2,4-5H2,(H,17,18). The van der Waals surface area contributed by atoms with Crippen LogP contribution in [0.15, 0.2) is 18.2 Å². The Morgan fingerprint density at radius 1 is 1.39 bits per heavy atom. The van der Waals surface area contributed by atoms with E-state index in [0.29, 0.717) is 0 Å². The highest BCUT2D eigenvalue weighted by Gasteiger charge is 2.26. The van der Waals surface area contributed by atoms with Crippen LogP contribution in [-0.2, 0) is 4.79 Å². The first-order valence-corrected chi connectivity index (χ1v) is 6.79. The Bertz CT molecular complexity index is 426. The number of carbonyl (C=O) groups is 1. The molecule has 1 fully saturated rings. The molecule has 0 heterocycles. The second-order valence-electron chi connectivity index (χ2n) is 4.49. The molecule has 0 spiro atoms. The van der Waals surface area contributed by atoms with Gasteiger partial charge in [-0.1, -0.05) is 30.5 Å². The summed E-state index contributed by atoms with van der Waals surface area (Å²) in [6.45, 7) is 0. The first-order chi connectivity index (χ1) is 8.59. The van der Waals surface area contributed by atoms with E-state index in [1.54, 1.807) is 0 Å². The topological polar surface area (TPSA) is 29.1 Å². The summed E-state index contributed by atoms with van der Waals surface area (Å²) in [6.07, 6.45) is 4.14. The monoisotopic (exact) mass is 289 g/mol. The van der Waals surface area contributed by atoms with Crippen molar-refractivity contribution in [3.05, 3.63) is 34.6 Å². The van der Waals surface area contributed by atoms with Crippen molar-refractivity contribution in [2.45, 2.75) is 37.1 Å². The van der Waals surface area contributed by atoms with Crippen molar-refractivity contribution in [1.82, 2.24) is 5.32 Å². The maximum absolute atomic E-state index is 13.6. The van der Waals surface area contributed by atoms with E-state index in [-0.39, 0.29) is 22.5 Å². The van der Waals surface area contributed by atoms with Crippen molar-refractivity contribution in [2.24, 2.45) is 0 Å². The molecule has 1 aromatic rings. The van der Waals surface area contributed by atoms with Crippen molar-refractivity contribution in [2.75, 3.05) is 0 Å². The van der Waals surface area contributed by atoms with Gasteiger partial charge in [0.15, 0.2) is 0 Å². The Hall–Kier alpha value is -0.800. The van der Waals surface area contributed by atoms with Gasteiger partial charge < -0.3 is 5.32 Å². The number of halogens is 3. The predicted octanol–water partition coefficient (Wildman–Crippen LogP) is 3.82. The first kappa shape index (κ1) is 13.6. The van der Waals surface area contributed by atoms with Crippen LogP contribution in [0.2, 0.25) is 5.02 Å². The normalized spacial score (nSPS) is 17.7. The first-order valence-electron chi connectivity index (χ1n) is 5.98. The maximum atomic E-state index is 13.6. The number of amides is 1. The molecule has 1 amide bonds. The van der Waals surface area contributed by atoms with Gasteiger partial charge in [-0.05, 0) is 25.0 Å². The minimum Gasteiger partial charge on any atom is -0.352 e. The minimum atomic E-state index is -1.08. The summed E-state index contributed by atoms with van der Waals surface area (Å²) in [6, 6.07) is 4.42. The fourth-order valence-corrected chi connectivity index (χ4v) is 2.84. The zero-order valence-electron chi connectivity index (χ0n) is 9.76. The number of rotatable bonds is 3. The molecule has 5 heteroatoms. The average molecular weight is 290 g/mol. The Labute approximate surface area is 115 Å². The molecule has 1 unspecified atom stereocenters. The summed E-state index contributed by atoms with van der Waals surface area (Å²) in [5, 5.41) is 1.93. The van der Waals surface area contributed by atoms with Crippen LogP contribution >= 0.6 is 23.2 Å². The van der Waals surface area contributed by atoms with Crippen molar-refractivity contribution < 1.29 is 9.18 Å². The molecule has 2 nitrogen and oxygen atoms in total. The van der Waals surface area contributed by atoms with E-state index in [4.69, 9.17) is 23.2 Å². The van der Waals surface area contributed by atoms with E-state index in [1.165, 1.54) is 18.2 Å². The molecule has 0 saturated heterocycles. The third-order valence-corrected chi connectivity index (χ3v) is 3.93. The zero-order valence-corrected chi connectivity index (χ0v) is 11.3. The van der Waals surface area contributed by atoms with Gasteiger partial charge in [-0.3, -0.25) is 4.79 Å². The van der Waals surface area contributed by atoms with Crippen LogP contribution in [0.5, 0.6) is 0 Å². The Morgan fingerprint density at radius 2 is 2.06 bits per heavy atom. The molecule has 0 bridgehead atoms. The summed E-state index contributed by atoms with van der Waals surface area (Å²) in [5.41, 5.74) is 0.0522. The number of nitrogens with one attached hydrogen (secondary N) is 1. The van der Waals surface area contributed by atoms with E-state index >= 15 is 0 Å². The van der Waals surface area contributed by atoms with E-state index in [9.17, 15) is 9.18 Å². The van der Waals surface area contributed by atoms with Gasteiger partial charge >= 0.3 is 0 Å². The molecule has 1 saturated carbocycles. The summed E-state index contributed by atoms with van der Waals surface area (Å²) in [4.78, 5) is 11.9. The van der Waals surface area contributed by atoms with Crippen molar-refractivity contribution in [1.29, 1.82) is 0 Å². The lowest BCUT2D eigenvalue weighted by molar-refractivity contribution is -0.121. The van der Waals surface area contributed by atoms with Gasteiger partial charge in [0, 0.05) is 16.6 Å². The Morgan fingerprint density at radius 3 is 2.67 bits per heavy atom. The van der Waals surface area contributed by atoms with Crippen LogP contribution in [0.3, 0.4) is 0 Å². The fraction of sp³-hybridized carbons (Fsp3) is 0.462. The zero-order chi connectivity index (χ0) is 13.1. The van der Waals surface area contributed by atoms with Gasteiger partial charge in [0.2, 0.25) is 5.91 Å². The summed E-state index contributed by atoms with van der Waals surface area (Å²) < 4.78 is 13.6. The lowest BCUT2D eigenvalue weighted by atomic mass is 10.1. The van der Waals surface area contributed by atoms with Crippen molar-refractivity contribution in [3.63, 3.8) is 0 Å². The third kappa shape index (κ3) is 2.96. The Kier molecular flexibility index (Phi) is 4.46. The van der Waals surface area contributed by atoms with E-state index in [2.05, 4.69) is 5.32 Å². The van der Waals surface area contributed by atoms with Crippen molar-refractivity contribution >= 4 is 29.1 Å². The number of hydrogen-bond donors (Lipinski definition) is 1. The molecule has 0 aliphatic heterocycles. The third-order valence-electron chi connectivity index (χ3n) is 3.18. The Balaban J connectivity index is 2.10. The number of carbonyl (C=O) groups excluding carboxylic acids is 1. The highest BCUT2D eigenvalue weighted by molar-refractivity contribution is 6.35. The molecule has 0 aromatic heterocycles. The molecular weight excluding hydrogens is 276 g/mol. The molecule has 1 N–H and O–H groups in total. The van der Waals surface area contributed by atoms with Gasteiger partial charge in [-0.25, -0.2) is 4.39 Å². The van der Waals surface area contributed by atoms with Gasteiger partial charge in [0.25, 0.3) is 0 Å². The summed E-state index contributed by atoms with van der Waals surface area (Å²) in [7, 11) is 0. The summed E-state index contributed by atoms with van der Waals surface area (Å²) >= 11 is 11.9. The number of alkyl halides is 1. The summed E-state index contributed by atoms with van der Waals surface area (Å²) in [5.74, 6) is -0.931. The predicted molar refractivity (Wildman–Crippen MR) is 70.4 cm³/mol. The van der Waals surface area contributed by atoms with Gasteiger partial charge in [-0.2, -0.15) is 0 Å². The van der Waals surface area contributed by atoms with Crippen LogP contribution < -0.4 is 5.32 Å². The smallest absolute Gasteiger partial charge is 0.242 e. The van der Waals surface area contributed by atoms with Gasteiger partial charge in [-0.15, -0.1) is 11.6 Å². The maximum Gasteiger partial charge on any atom is 0.242 e. The molecule has 2 rings (SSSR count). The molecular formula is C13H14Cl2FNO. The average Bonchev–Trinajstić information content (AvgIpc) is 2.81. The molecule has 1 aliphatic carbocycles. The molecule has 1 aromatic carbocycles. The van der Waals surface area contributed by atoms with Gasteiger partial charge in [0.05, 0.1) is 0 Å². The minimum absolute atomic E-state index is 0.0522. The number of benzene rings is 1. The lowest BCUT2D eigenvalue weighted by Crippen LogP contribution is -2.35. The second-order valence-corrected chi connectivity index (χ2v) is 5.33. The molecule has 98 valence electrons. The molecule has 1 aliphatic rings. The quantitative estimate of drug-likeness (QED) is 0.842. The van der Waals surface area contributed by atoms with Crippen LogP contribution in [-0.4, -0.2) is 11.9 Å². The SMILES string of the molecule is O=C(NC1CCCC1)C(Cl)c1c(F)cccc1Cl. The lowest BCUT2D eigenvalue weighted by Gasteiger charge is -2.16. The van der Waals surface area contributed by atoms with Crippen LogP contribution in [0.4, 0.5) is 4.39 Å². The number of hydrogen-bond acceptors (Lipinski definition) is 1.